The third-order valence-electron chi connectivity index (χ3n) is 6.24. The zero-order valence-corrected chi connectivity index (χ0v) is 22.1. The molecule has 0 radical (unpaired) electrons. The van der Waals surface area contributed by atoms with Gasteiger partial charge in [0.25, 0.3) is 0 Å². The molecule has 2 aromatic carbocycles. The van der Waals surface area contributed by atoms with Crippen molar-refractivity contribution in [3.05, 3.63) is 81.9 Å². The number of aliphatic carboxylic acids is 1. The van der Waals surface area contributed by atoms with E-state index in [1.807, 2.05) is 36.4 Å². The van der Waals surface area contributed by atoms with Crippen LogP contribution in [0.1, 0.15) is 61.2 Å². The molecule has 0 aliphatic carbocycles. The van der Waals surface area contributed by atoms with Crippen LogP contribution in [0, 0.1) is 0 Å². The predicted molar refractivity (Wildman–Crippen MR) is 142 cm³/mol. The standard InChI is InChI=1S/C27H29Cl2N3O6/c28-25-26(29)32(16-30-25)14-21-13-22(18-10-8-17(15-33)9-11-18)38-27(37-21)19-4-3-5-20(12-19)31-23(34)6-1-2-7-24(35)36/h3-5,8-12,16,21-22,27,33H,1-2,6-7,13-15H2,(H,31,34)(H,35,36)/t21-,22+,27+/m0/s1. The van der Waals surface area contributed by atoms with Crippen molar-refractivity contribution in [3.8, 4) is 0 Å². The lowest BCUT2D eigenvalue weighted by Crippen LogP contribution is -2.32. The summed E-state index contributed by atoms with van der Waals surface area (Å²) in [6.45, 7) is 0.370. The molecular formula is C27H29Cl2N3O6. The van der Waals surface area contributed by atoms with Crippen molar-refractivity contribution in [2.75, 3.05) is 5.32 Å². The Balaban J connectivity index is 1.49. The van der Waals surface area contributed by atoms with Crippen molar-refractivity contribution in [1.82, 2.24) is 9.55 Å². The third-order valence-corrected chi connectivity index (χ3v) is 7.00. The highest BCUT2D eigenvalue weighted by Crippen LogP contribution is 2.39. The quantitative estimate of drug-likeness (QED) is 0.263. The van der Waals surface area contributed by atoms with E-state index < -0.39 is 12.3 Å². The average Bonchev–Trinajstić information content (AvgIpc) is 3.23. The third kappa shape index (κ3) is 7.55. The van der Waals surface area contributed by atoms with Gasteiger partial charge in [0.1, 0.15) is 5.15 Å². The minimum absolute atomic E-state index is 0.0423. The first-order valence-electron chi connectivity index (χ1n) is 12.3. The summed E-state index contributed by atoms with van der Waals surface area (Å²) in [5.74, 6) is -1.06. The Kier molecular flexibility index (Phi) is 9.76. The van der Waals surface area contributed by atoms with Gasteiger partial charge in [-0.05, 0) is 36.1 Å². The molecule has 3 atom stereocenters. The molecule has 1 amide bonds. The fourth-order valence-electron chi connectivity index (χ4n) is 4.27. The number of hydrogen-bond donors (Lipinski definition) is 3. The normalized spacial score (nSPS) is 19.3. The molecule has 11 heteroatoms. The molecule has 38 heavy (non-hydrogen) atoms. The van der Waals surface area contributed by atoms with Gasteiger partial charge < -0.3 is 29.6 Å². The number of hydrogen-bond acceptors (Lipinski definition) is 6. The van der Waals surface area contributed by atoms with Crippen LogP contribution in [0.5, 0.6) is 0 Å². The Labute approximate surface area is 230 Å². The maximum Gasteiger partial charge on any atom is 0.303 e. The number of imidazole rings is 1. The van der Waals surface area contributed by atoms with E-state index in [9.17, 15) is 14.7 Å². The fourth-order valence-corrected chi connectivity index (χ4v) is 4.58. The van der Waals surface area contributed by atoms with Crippen LogP contribution in [-0.2, 0) is 32.2 Å². The van der Waals surface area contributed by atoms with E-state index in [4.69, 9.17) is 37.8 Å². The lowest BCUT2D eigenvalue weighted by molar-refractivity contribution is -0.252. The summed E-state index contributed by atoms with van der Waals surface area (Å²) in [4.78, 5) is 27.1. The van der Waals surface area contributed by atoms with Gasteiger partial charge in [-0.15, -0.1) is 0 Å². The SMILES string of the molecule is O=C(O)CCCCC(=O)Nc1cccc([C@@H]2O[C@H](Cn3cnc(Cl)c3Cl)C[C@H](c3ccc(CO)cc3)O2)c1. The minimum atomic E-state index is -0.870. The molecule has 3 N–H and O–H groups in total. The molecule has 1 aliphatic rings. The molecule has 202 valence electrons. The molecule has 0 spiro atoms. The van der Waals surface area contributed by atoms with Gasteiger partial charge in [0.2, 0.25) is 5.91 Å². The molecule has 0 bridgehead atoms. The van der Waals surface area contributed by atoms with Gasteiger partial charge in [-0.2, -0.15) is 0 Å². The number of ether oxygens (including phenoxy) is 2. The number of aromatic nitrogens is 2. The number of amides is 1. The summed E-state index contributed by atoms with van der Waals surface area (Å²) >= 11 is 12.3. The van der Waals surface area contributed by atoms with E-state index in [2.05, 4.69) is 10.3 Å². The second-order valence-corrected chi connectivity index (χ2v) is 9.82. The number of rotatable bonds is 11. The van der Waals surface area contributed by atoms with Crippen LogP contribution in [0.15, 0.2) is 54.9 Å². The number of unbranched alkanes of at least 4 members (excludes halogenated alkanes) is 1. The van der Waals surface area contributed by atoms with E-state index in [-0.39, 0.29) is 42.7 Å². The number of halogens is 2. The maximum absolute atomic E-state index is 12.4. The zero-order chi connectivity index (χ0) is 27.1. The van der Waals surface area contributed by atoms with Crippen LogP contribution in [0.3, 0.4) is 0 Å². The summed E-state index contributed by atoms with van der Waals surface area (Å²) in [6.07, 6.45) is 2.03. The van der Waals surface area contributed by atoms with Gasteiger partial charge in [0.15, 0.2) is 11.4 Å². The number of anilines is 1. The summed E-state index contributed by atoms with van der Waals surface area (Å²) < 4.78 is 14.4. The lowest BCUT2D eigenvalue weighted by Gasteiger charge is -2.36. The molecule has 2 heterocycles. The lowest BCUT2D eigenvalue weighted by atomic mass is 10.00. The molecule has 0 unspecified atom stereocenters. The Bertz CT molecular complexity index is 1250. The van der Waals surface area contributed by atoms with Crippen molar-refractivity contribution >= 4 is 40.8 Å². The summed E-state index contributed by atoms with van der Waals surface area (Å²) in [7, 11) is 0. The molecule has 3 aromatic rings. The highest BCUT2D eigenvalue weighted by atomic mass is 35.5. The van der Waals surface area contributed by atoms with Crippen LogP contribution in [0.25, 0.3) is 0 Å². The largest absolute Gasteiger partial charge is 0.481 e. The number of carbonyl (C=O) groups is 2. The summed E-state index contributed by atoms with van der Waals surface area (Å²) in [5.41, 5.74) is 3.07. The first-order chi connectivity index (χ1) is 18.3. The molecule has 0 saturated carbocycles. The molecule has 1 aliphatic heterocycles. The van der Waals surface area contributed by atoms with Gasteiger partial charge in [-0.3, -0.25) is 9.59 Å². The van der Waals surface area contributed by atoms with E-state index in [1.54, 1.807) is 23.0 Å². The first-order valence-corrected chi connectivity index (χ1v) is 13.1. The average molecular weight is 562 g/mol. The van der Waals surface area contributed by atoms with Crippen LogP contribution >= 0.6 is 23.2 Å². The van der Waals surface area contributed by atoms with Crippen LogP contribution in [-0.4, -0.2) is 37.7 Å². The number of nitrogens with one attached hydrogen (secondary N) is 1. The van der Waals surface area contributed by atoms with Gasteiger partial charge in [-0.1, -0.05) is 59.6 Å². The highest BCUT2D eigenvalue weighted by molar-refractivity contribution is 6.40. The van der Waals surface area contributed by atoms with Gasteiger partial charge >= 0.3 is 5.97 Å². The van der Waals surface area contributed by atoms with Gasteiger partial charge in [0, 0.05) is 30.5 Å². The smallest absolute Gasteiger partial charge is 0.303 e. The number of aliphatic hydroxyl groups is 1. The number of benzene rings is 2. The minimum Gasteiger partial charge on any atom is -0.481 e. The Hall–Kier alpha value is -2.95. The second-order valence-electron chi connectivity index (χ2n) is 9.10. The fraction of sp³-hybridized carbons (Fsp3) is 0.370. The molecule has 9 nitrogen and oxygen atoms in total. The Morgan fingerprint density at radius 2 is 1.82 bits per heavy atom. The number of carboxylic acids is 1. The van der Waals surface area contributed by atoms with E-state index in [0.717, 1.165) is 16.7 Å². The summed E-state index contributed by atoms with van der Waals surface area (Å²) in [5, 5.41) is 21.6. The Morgan fingerprint density at radius 1 is 1.05 bits per heavy atom. The maximum atomic E-state index is 12.4. The molecule has 1 aromatic heterocycles. The number of nitrogens with zero attached hydrogens (tertiary/aromatic N) is 2. The van der Waals surface area contributed by atoms with Crippen LogP contribution < -0.4 is 5.32 Å². The van der Waals surface area contributed by atoms with Crippen molar-refractivity contribution in [2.45, 2.75) is 63.8 Å². The predicted octanol–water partition coefficient (Wildman–Crippen LogP) is 5.51. The topological polar surface area (TPSA) is 123 Å². The van der Waals surface area contributed by atoms with Gasteiger partial charge in [-0.25, -0.2) is 4.98 Å². The van der Waals surface area contributed by atoms with Crippen LogP contribution in [0.4, 0.5) is 5.69 Å². The molecule has 1 fully saturated rings. The van der Waals surface area contributed by atoms with Crippen LogP contribution in [0.2, 0.25) is 10.3 Å². The summed E-state index contributed by atoms with van der Waals surface area (Å²) in [6, 6.07) is 14.8. The number of carboxylic acid groups (broad SMARTS) is 1. The zero-order valence-electron chi connectivity index (χ0n) is 20.6. The molecular weight excluding hydrogens is 533 g/mol. The molecule has 4 rings (SSSR count). The van der Waals surface area contributed by atoms with Crippen molar-refractivity contribution in [3.63, 3.8) is 0 Å². The second kappa shape index (κ2) is 13.2. The van der Waals surface area contributed by atoms with Gasteiger partial charge in [0.05, 0.1) is 31.7 Å². The highest BCUT2D eigenvalue weighted by Gasteiger charge is 2.33. The number of carbonyl (C=O) groups excluding carboxylic acids is 1. The first kappa shape index (κ1) is 28.1. The van der Waals surface area contributed by atoms with E-state index in [0.29, 0.717) is 36.6 Å². The van der Waals surface area contributed by atoms with Crippen molar-refractivity contribution in [1.29, 1.82) is 0 Å². The monoisotopic (exact) mass is 561 g/mol. The Morgan fingerprint density at radius 3 is 2.50 bits per heavy atom. The molecule has 1 saturated heterocycles. The van der Waals surface area contributed by atoms with Crippen molar-refractivity contribution < 1.29 is 29.3 Å². The number of aliphatic hydroxyl groups excluding tert-OH is 1. The van der Waals surface area contributed by atoms with E-state index in [1.165, 1.54) is 0 Å². The van der Waals surface area contributed by atoms with Crippen molar-refractivity contribution in [2.24, 2.45) is 0 Å². The van der Waals surface area contributed by atoms with E-state index >= 15 is 0 Å².